The molecule has 6 heteroatoms. The zero-order chi connectivity index (χ0) is 14.0. The lowest BCUT2D eigenvalue weighted by Gasteiger charge is -2.37. The summed E-state index contributed by atoms with van der Waals surface area (Å²) in [5, 5.41) is 3.78. The first-order valence-electron chi connectivity index (χ1n) is 6.67. The van der Waals surface area contributed by atoms with Crippen molar-refractivity contribution >= 4 is 5.91 Å². The molecule has 0 bridgehead atoms. The first-order valence-corrected chi connectivity index (χ1v) is 6.67. The molecule has 1 aromatic heterocycles. The van der Waals surface area contributed by atoms with Crippen LogP contribution in [0.2, 0.25) is 0 Å². The van der Waals surface area contributed by atoms with E-state index in [4.69, 9.17) is 4.52 Å². The Morgan fingerprint density at radius 1 is 1.26 bits per heavy atom. The van der Waals surface area contributed by atoms with E-state index in [1.807, 2.05) is 32.6 Å². The molecule has 1 aliphatic heterocycles. The Morgan fingerprint density at radius 3 is 2.37 bits per heavy atom. The van der Waals surface area contributed by atoms with Crippen LogP contribution in [0.1, 0.15) is 32.5 Å². The molecular weight excluding hydrogens is 244 g/mol. The Bertz CT molecular complexity index is 442. The van der Waals surface area contributed by atoms with Gasteiger partial charge in [-0.15, -0.1) is 0 Å². The highest BCUT2D eigenvalue weighted by atomic mass is 16.5. The maximum Gasteiger partial charge on any atom is 0.240 e. The van der Waals surface area contributed by atoms with Crippen LogP contribution >= 0.6 is 0 Å². The van der Waals surface area contributed by atoms with Crippen molar-refractivity contribution in [3.63, 3.8) is 0 Å². The minimum Gasteiger partial charge on any atom is -0.340 e. The van der Waals surface area contributed by atoms with Crippen LogP contribution in [0.25, 0.3) is 0 Å². The smallest absolute Gasteiger partial charge is 0.240 e. The van der Waals surface area contributed by atoms with Gasteiger partial charge in [-0.3, -0.25) is 9.69 Å². The second-order valence-electron chi connectivity index (χ2n) is 6.05. The zero-order valence-corrected chi connectivity index (χ0v) is 12.1. The third-order valence-electron chi connectivity index (χ3n) is 3.23. The summed E-state index contributed by atoms with van der Waals surface area (Å²) in [4.78, 5) is 20.5. The van der Waals surface area contributed by atoms with Crippen molar-refractivity contribution in [1.82, 2.24) is 19.9 Å². The van der Waals surface area contributed by atoms with Gasteiger partial charge in [-0.05, 0) is 6.92 Å². The maximum absolute atomic E-state index is 12.2. The molecule has 0 radical (unpaired) electrons. The number of carbonyl (C=O) groups excluding carboxylic acids is 1. The summed E-state index contributed by atoms with van der Waals surface area (Å²) in [6, 6.07) is 0. The SMILES string of the molecule is Cc1noc(CN2CCN(C(=O)C(C)(C)C)CC2)n1. The molecule has 0 atom stereocenters. The molecule has 0 N–H and O–H groups in total. The Hall–Kier alpha value is -1.43. The molecule has 1 aliphatic rings. The van der Waals surface area contributed by atoms with Crippen molar-refractivity contribution in [2.45, 2.75) is 34.2 Å². The molecule has 0 saturated carbocycles. The van der Waals surface area contributed by atoms with Crippen molar-refractivity contribution in [3.05, 3.63) is 11.7 Å². The van der Waals surface area contributed by atoms with Crippen molar-refractivity contribution < 1.29 is 9.32 Å². The molecule has 19 heavy (non-hydrogen) atoms. The van der Waals surface area contributed by atoms with E-state index in [1.54, 1.807) is 0 Å². The normalized spacial score (nSPS) is 17.8. The van der Waals surface area contributed by atoms with Gasteiger partial charge in [-0.2, -0.15) is 4.98 Å². The Morgan fingerprint density at radius 2 is 1.89 bits per heavy atom. The highest BCUT2D eigenvalue weighted by Crippen LogP contribution is 2.19. The van der Waals surface area contributed by atoms with Crippen LogP contribution in [-0.4, -0.2) is 52.0 Å². The van der Waals surface area contributed by atoms with Crippen molar-refractivity contribution in [2.24, 2.45) is 5.41 Å². The first-order chi connectivity index (χ1) is 8.86. The number of hydrogen-bond donors (Lipinski definition) is 0. The van der Waals surface area contributed by atoms with E-state index < -0.39 is 0 Å². The Labute approximate surface area is 113 Å². The number of amides is 1. The highest BCUT2D eigenvalue weighted by molar-refractivity contribution is 5.81. The minimum absolute atomic E-state index is 0.223. The fourth-order valence-electron chi connectivity index (χ4n) is 2.18. The summed E-state index contributed by atoms with van der Waals surface area (Å²) in [5.41, 5.74) is -0.300. The van der Waals surface area contributed by atoms with Gasteiger partial charge in [-0.1, -0.05) is 25.9 Å². The molecule has 2 heterocycles. The largest absolute Gasteiger partial charge is 0.340 e. The zero-order valence-electron chi connectivity index (χ0n) is 12.1. The van der Waals surface area contributed by atoms with E-state index in [0.717, 1.165) is 26.2 Å². The number of hydrogen-bond acceptors (Lipinski definition) is 5. The van der Waals surface area contributed by atoms with Crippen LogP contribution in [0, 0.1) is 12.3 Å². The van der Waals surface area contributed by atoms with Crippen molar-refractivity contribution in [3.8, 4) is 0 Å². The molecule has 0 unspecified atom stereocenters. The average Bonchev–Trinajstić information content (AvgIpc) is 2.74. The molecule has 1 saturated heterocycles. The maximum atomic E-state index is 12.2. The third-order valence-corrected chi connectivity index (χ3v) is 3.23. The molecular formula is C13H22N4O2. The molecule has 1 fully saturated rings. The van der Waals surface area contributed by atoms with Gasteiger partial charge in [0.1, 0.15) is 0 Å². The van der Waals surface area contributed by atoms with Gasteiger partial charge >= 0.3 is 0 Å². The van der Waals surface area contributed by atoms with Gasteiger partial charge < -0.3 is 9.42 Å². The summed E-state index contributed by atoms with van der Waals surface area (Å²) in [6.07, 6.45) is 0. The molecule has 1 amide bonds. The highest BCUT2D eigenvalue weighted by Gasteiger charge is 2.29. The van der Waals surface area contributed by atoms with E-state index in [1.165, 1.54) is 0 Å². The summed E-state index contributed by atoms with van der Waals surface area (Å²) in [5.74, 6) is 1.53. The van der Waals surface area contributed by atoms with Crippen LogP contribution < -0.4 is 0 Å². The fraction of sp³-hybridized carbons (Fsp3) is 0.769. The summed E-state index contributed by atoms with van der Waals surface area (Å²) in [7, 11) is 0. The second-order valence-corrected chi connectivity index (χ2v) is 6.05. The summed E-state index contributed by atoms with van der Waals surface area (Å²) in [6.45, 7) is 11.6. The first kappa shape index (κ1) is 14.0. The van der Waals surface area contributed by atoms with Crippen LogP contribution in [-0.2, 0) is 11.3 Å². The Balaban J connectivity index is 1.84. The molecule has 6 nitrogen and oxygen atoms in total. The number of aromatic nitrogens is 2. The lowest BCUT2D eigenvalue weighted by Crippen LogP contribution is -2.51. The van der Waals surface area contributed by atoms with Gasteiger partial charge in [0.25, 0.3) is 0 Å². The van der Waals surface area contributed by atoms with Gasteiger partial charge in [0, 0.05) is 31.6 Å². The van der Waals surface area contributed by atoms with E-state index in [2.05, 4.69) is 15.0 Å². The molecule has 0 aromatic carbocycles. The second kappa shape index (κ2) is 5.28. The van der Waals surface area contributed by atoms with Gasteiger partial charge in [0.15, 0.2) is 5.82 Å². The van der Waals surface area contributed by atoms with Gasteiger partial charge in [0.2, 0.25) is 11.8 Å². The van der Waals surface area contributed by atoms with Crippen LogP contribution in [0.3, 0.4) is 0 Å². The standard InChI is InChI=1S/C13H22N4O2/c1-10-14-11(19-15-10)9-16-5-7-17(8-6-16)12(18)13(2,3)4/h5-9H2,1-4H3. The molecule has 2 rings (SSSR count). The van der Waals surface area contributed by atoms with E-state index in [0.29, 0.717) is 18.3 Å². The molecule has 106 valence electrons. The quantitative estimate of drug-likeness (QED) is 0.801. The topological polar surface area (TPSA) is 62.5 Å². The van der Waals surface area contributed by atoms with E-state index in [9.17, 15) is 4.79 Å². The number of rotatable bonds is 2. The van der Waals surface area contributed by atoms with Gasteiger partial charge in [-0.25, -0.2) is 0 Å². The predicted octanol–water partition coefficient (Wildman–Crippen LogP) is 1.07. The predicted molar refractivity (Wildman–Crippen MR) is 70.3 cm³/mol. The molecule has 0 spiro atoms. The summed E-state index contributed by atoms with van der Waals surface area (Å²) >= 11 is 0. The third kappa shape index (κ3) is 3.53. The summed E-state index contributed by atoms with van der Waals surface area (Å²) < 4.78 is 5.11. The van der Waals surface area contributed by atoms with E-state index in [-0.39, 0.29) is 11.3 Å². The van der Waals surface area contributed by atoms with E-state index >= 15 is 0 Å². The van der Waals surface area contributed by atoms with Gasteiger partial charge in [0.05, 0.1) is 6.54 Å². The number of nitrogens with zero attached hydrogens (tertiary/aromatic N) is 4. The lowest BCUT2D eigenvalue weighted by molar-refractivity contribution is -0.141. The van der Waals surface area contributed by atoms with Crippen LogP contribution in [0.4, 0.5) is 0 Å². The van der Waals surface area contributed by atoms with Crippen molar-refractivity contribution in [2.75, 3.05) is 26.2 Å². The average molecular weight is 266 g/mol. The van der Waals surface area contributed by atoms with Crippen LogP contribution in [0.5, 0.6) is 0 Å². The Kier molecular flexibility index (Phi) is 3.89. The number of aryl methyl sites for hydroxylation is 1. The number of piperazine rings is 1. The number of carbonyl (C=O) groups is 1. The van der Waals surface area contributed by atoms with Crippen LogP contribution in [0.15, 0.2) is 4.52 Å². The minimum atomic E-state index is -0.300. The van der Waals surface area contributed by atoms with Crippen molar-refractivity contribution in [1.29, 1.82) is 0 Å². The molecule has 1 aromatic rings. The lowest BCUT2D eigenvalue weighted by atomic mass is 9.94. The fourth-order valence-corrected chi connectivity index (χ4v) is 2.18. The monoisotopic (exact) mass is 266 g/mol. The molecule has 0 aliphatic carbocycles.